The van der Waals surface area contributed by atoms with Crippen LogP contribution in [0.15, 0.2) is 30.3 Å². The number of halogens is 1. The topological polar surface area (TPSA) is 42.4 Å². The lowest BCUT2D eigenvalue weighted by Crippen LogP contribution is -2.04. The van der Waals surface area contributed by atoms with Gasteiger partial charge in [0.05, 0.1) is 6.61 Å². The van der Waals surface area contributed by atoms with Gasteiger partial charge in [-0.25, -0.2) is 4.98 Å². The van der Waals surface area contributed by atoms with Crippen molar-refractivity contribution in [2.75, 3.05) is 0 Å². The van der Waals surface area contributed by atoms with E-state index in [-0.39, 0.29) is 6.61 Å². The maximum absolute atomic E-state index is 9.40. The quantitative estimate of drug-likeness (QED) is 0.931. The summed E-state index contributed by atoms with van der Waals surface area (Å²) in [5.74, 6) is 0.472. The van der Waals surface area contributed by atoms with Crippen LogP contribution in [0.3, 0.4) is 0 Å². The molecule has 1 heterocycles. The summed E-state index contributed by atoms with van der Waals surface area (Å²) < 4.78 is 5.70. The molecule has 0 aliphatic heterocycles. The number of rotatable bonds is 4. The second-order valence-electron chi connectivity index (χ2n) is 4.40. The fourth-order valence-corrected chi connectivity index (χ4v) is 2.09. The normalized spacial score (nSPS) is 10.5. The van der Waals surface area contributed by atoms with Crippen LogP contribution in [-0.4, -0.2) is 10.1 Å². The lowest BCUT2D eigenvalue weighted by Gasteiger charge is -2.13. The van der Waals surface area contributed by atoms with Gasteiger partial charge in [-0.3, -0.25) is 0 Å². The minimum Gasteiger partial charge on any atom is -0.472 e. The molecule has 0 bridgehead atoms. The largest absolute Gasteiger partial charge is 0.472 e. The Kier molecular flexibility index (Phi) is 4.40. The molecule has 2 rings (SSSR count). The minimum absolute atomic E-state index is 0.0863. The van der Waals surface area contributed by atoms with Crippen LogP contribution >= 0.6 is 11.6 Å². The van der Waals surface area contributed by atoms with E-state index in [4.69, 9.17) is 16.3 Å². The van der Waals surface area contributed by atoms with Crippen molar-refractivity contribution < 1.29 is 9.84 Å². The van der Waals surface area contributed by atoms with Crippen LogP contribution in [0.1, 0.15) is 22.4 Å². The first kappa shape index (κ1) is 13.8. The lowest BCUT2D eigenvalue weighted by atomic mass is 10.1. The van der Waals surface area contributed by atoms with Gasteiger partial charge in [0.1, 0.15) is 6.61 Å². The average Bonchev–Trinajstić information content (AvgIpc) is 2.37. The van der Waals surface area contributed by atoms with Crippen molar-refractivity contribution in [2.24, 2.45) is 0 Å². The first-order valence-electron chi connectivity index (χ1n) is 6.06. The molecule has 0 fully saturated rings. The molecule has 1 aromatic heterocycles. The lowest BCUT2D eigenvalue weighted by molar-refractivity contribution is 0.251. The number of hydrogen-bond acceptors (Lipinski definition) is 3. The van der Waals surface area contributed by atoms with Crippen LogP contribution in [0.4, 0.5) is 0 Å². The summed E-state index contributed by atoms with van der Waals surface area (Å²) in [5, 5.41) is 10.1. The van der Waals surface area contributed by atoms with Gasteiger partial charge >= 0.3 is 0 Å². The number of nitrogens with zero attached hydrogens (tertiary/aromatic N) is 1. The Bertz CT molecular complexity index is 584. The molecule has 0 aliphatic rings. The van der Waals surface area contributed by atoms with Crippen molar-refractivity contribution in [3.05, 3.63) is 57.7 Å². The van der Waals surface area contributed by atoms with Crippen molar-refractivity contribution >= 4 is 11.6 Å². The molecule has 0 saturated carbocycles. The Hall–Kier alpha value is -1.58. The van der Waals surface area contributed by atoms with E-state index in [0.717, 1.165) is 22.4 Å². The Labute approximate surface area is 117 Å². The number of benzene rings is 1. The highest BCUT2D eigenvalue weighted by atomic mass is 35.5. The van der Waals surface area contributed by atoms with Crippen LogP contribution in [0.2, 0.25) is 5.02 Å². The predicted octanol–water partition coefficient (Wildman–Crippen LogP) is 3.42. The third-order valence-corrected chi connectivity index (χ3v) is 3.29. The van der Waals surface area contributed by atoms with Gasteiger partial charge in [0.2, 0.25) is 5.88 Å². The fourth-order valence-electron chi connectivity index (χ4n) is 1.90. The SMILES string of the molecule is Cc1cc(C)c(CO)c(OCc2ccccc2Cl)n1. The van der Waals surface area contributed by atoms with Crippen LogP contribution < -0.4 is 4.74 Å². The number of aryl methyl sites for hydroxylation is 2. The van der Waals surface area contributed by atoms with Gasteiger partial charge in [0, 0.05) is 21.8 Å². The zero-order chi connectivity index (χ0) is 13.8. The molecule has 0 radical (unpaired) electrons. The third-order valence-electron chi connectivity index (χ3n) is 2.92. The number of hydrogen-bond donors (Lipinski definition) is 1. The highest BCUT2D eigenvalue weighted by Gasteiger charge is 2.10. The fraction of sp³-hybridized carbons (Fsp3) is 0.267. The Morgan fingerprint density at radius 3 is 2.68 bits per heavy atom. The number of aliphatic hydroxyl groups excluding tert-OH is 1. The molecule has 4 heteroatoms. The zero-order valence-electron chi connectivity index (χ0n) is 11.0. The molecular weight excluding hydrogens is 262 g/mol. The summed E-state index contributed by atoms with van der Waals surface area (Å²) >= 11 is 6.08. The maximum atomic E-state index is 9.40. The average molecular weight is 278 g/mol. The van der Waals surface area contributed by atoms with E-state index in [9.17, 15) is 5.11 Å². The van der Waals surface area contributed by atoms with Crippen LogP contribution in [0.5, 0.6) is 5.88 Å². The number of aliphatic hydroxyl groups is 1. The molecule has 1 N–H and O–H groups in total. The summed E-state index contributed by atoms with van der Waals surface area (Å²) in [6.45, 7) is 4.08. The monoisotopic (exact) mass is 277 g/mol. The van der Waals surface area contributed by atoms with Crippen molar-refractivity contribution in [1.29, 1.82) is 0 Å². The van der Waals surface area contributed by atoms with Crippen molar-refractivity contribution in [1.82, 2.24) is 4.98 Å². The summed E-state index contributed by atoms with van der Waals surface area (Å²) in [5.41, 5.74) is 3.46. The van der Waals surface area contributed by atoms with Crippen LogP contribution in [-0.2, 0) is 13.2 Å². The van der Waals surface area contributed by atoms with Crippen molar-refractivity contribution in [2.45, 2.75) is 27.1 Å². The van der Waals surface area contributed by atoms with Gasteiger partial charge in [0.15, 0.2) is 0 Å². The summed E-state index contributed by atoms with van der Waals surface area (Å²) in [6.07, 6.45) is 0. The highest BCUT2D eigenvalue weighted by Crippen LogP contribution is 2.23. The predicted molar refractivity (Wildman–Crippen MR) is 75.4 cm³/mol. The summed E-state index contributed by atoms with van der Waals surface area (Å²) in [6, 6.07) is 9.44. The molecule has 3 nitrogen and oxygen atoms in total. The number of pyridine rings is 1. The molecule has 100 valence electrons. The van der Waals surface area contributed by atoms with Crippen LogP contribution in [0.25, 0.3) is 0 Å². The molecule has 1 aromatic carbocycles. The molecule has 0 aliphatic carbocycles. The number of aromatic nitrogens is 1. The number of ether oxygens (including phenoxy) is 1. The van der Waals surface area contributed by atoms with E-state index < -0.39 is 0 Å². The zero-order valence-corrected chi connectivity index (χ0v) is 11.7. The van der Waals surface area contributed by atoms with E-state index in [1.807, 2.05) is 44.2 Å². The molecule has 0 saturated heterocycles. The highest BCUT2D eigenvalue weighted by molar-refractivity contribution is 6.31. The molecule has 0 unspecified atom stereocenters. The van der Waals surface area contributed by atoms with Gasteiger partial charge < -0.3 is 9.84 Å². The summed E-state index contributed by atoms with van der Waals surface area (Å²) in [7, 11) is 0. The van der Waals surface area contributed by atoms with E-state index in [1.165, 1.54) is 0 Å². The smallest absolute Gasteiger partial charge is 0.219 e. The van der Waals surface area contributed by atoms with Gasteiger partial charge in [-0.2, -0.15) is 0 Å². The van der Waals surface area contributed by atoms with E-state index in [0.29, 0.717) is 17.5 Å². The summed E-state index contributed by atoms with van der Waals surface area (Å²) in [4.78, 5) is 4.32. The molecule has 2 aromatic rings. The molecule has 0 atom stereocenters. The third kappa shape index (κ3) is 3.25. The Morgan fingerprint density at radius 1 is 1.26 bits per heavy atom. The van der Waals surface area contributed by atoms with Gasteiger partial charge in [0.25, 0.3) is 0 Å². The van der Waals surface area contributed by atoms with Crippen molar-refractivity contribution in [3.8, 4) is 5.88 Å². The molecule has 19 heavy (non-hydrogen) atoms. The van der Waals surface area contributed by atoms with E-state index in [2.05, 4.69) is 4.98 Å². The van der Waals surface area contributed by atoms with E-state index >= 15 is 0 Å². The Balaban J connectivity index is 2.22. The van der Waals surface area contributed by atoms with Gasteiger partial charge in [-0.05, 0) is 31.5 Å². The second kappa shape index (κ2) is 6.04. The molecule has 0 spiro atoms. The maximum Gasteiger partial charge on any atom is 0.219 e. The minimum atomic E-state index is -0.0863. The molecular formula is C15H16ClNO2. The Morgan fingerprint density at radius 2 is 2.00 bits per heavy atom. The first-order valence-corrected chi connectivity index (χ1v) is 6.43. The first-order chi connectivity index (χ1) is 9.11. The second-order valence-corrected chi connectivity index (χ2v) is 4.81. The van der Waals surface area contributed by atoms with Gasteiger partial charge in [-0.1, -0.05) is 29.8 Å². The van der Waals surface area contributed by atoms with Crippen molar-refractivity contribution in [3.63, 3.8) is 0 Å². The van der Waals surface area contributed by atoms with E-state index in [1.54, 1.807) is 0 Å². The van der Waals surface area contributed by atoms with Crippen LogP contribution in [0, 0.1) is 13.8 Å². The standard InChI is InChI=1S/C15H16ClNO2/c1-10-7-11(2)17-15(13(10)8-18)19-9-12-5-3-4-6-14(12)16/h3-7,18H,8-9H2,1-2H3. The molecule has 0 amide bonds. The van der Waals surface area contributed by atoms with Gasteiger partial charge in [-0.15, -0.1) is 0 Å².